The van der Waals surface area contributed by atoms with Crippen LogP contribution in [-0.2, 0) is 16.0 Å². The molecule has 0 fully saturated rings. The summed E-state index contributed by atoms with van der Waals surface area (Å²) in [6.07, 6.45) is -3.25. The molecule has 16 heavy (non-hydrogen) atoms. The van der Waals surface area contributed by atoms with Crippen LogP contribution >= 0.6 is 11.6 Å². The van der Waals surface area contributed by atoms with Crippen molar-refractivity contribution in [2.75, 3.05) is 7.11 Å². The van der Waals surface area contributed by atoms with Gasteiger partial charge in [0.05, 0.1) is 13.5 Å². The number of pyridine rings is 1. The highest BCUT2D eigenvalue weighted by Gasteiger charge is 2.18. The number of methoxy groups -OCH3 is 1. The fourth-order valence-corrected chi connectivity index (χ4v) is 1.28. The summed E-state index contributed by atoms with van der Waals surface area (Å²) in [6.45, 7) is 0. The van der Waals surface area contributed by atoms with E-state index in [2.05, 4.69) is 9.72 Å². The van der Waals surface area contributed by atoms with Crippen LogP contribution in [0.5, 0.6) is 0 Å². The van der Waals surface area contributed by atoms with Crippen molar-refractivity contribution in [2.24, 2.45) is 0 Å². The second-order valence-corrected chi connectivity index (χ2v) is 3.34. The molecule has 1 rings (SSSR count). The van der Waals surface area contributed by atoms with Gasteiger partial charge in [-0.1, -0.05) is 11.6 Å². The number of alkyl halides is 2. The Hall–Kier alpha value is -1.43. The van der Waals surface area contributed by atoms with Crippen LogP contribution in [0.1, 0.15) is 17.7 Å². The second kappa shape index (κ2) is 5.07. The number of hydrogen-bond acceptors (Lipinski definition) is 3. The van der Waals surface area contributed by atoms with Gasteiger partial charge in [-0.25, -0.2) is 8.78 Å². The number of hydrogen-bond donors (Lipinski definition) is 1. The number of esters is 1. The molecule has 0 bridgehead atoms. The second-order valence-electron chi connectivity index (χ2n) is 2.93. The molecule has 0 spiro atoms. The molecular weight excluding hydrogens is 244 g/mol. The zero-order valence-electron chi connectivity index (χ0n) is 8.22. The summed E-state index contributed by atoms with van der Waals surface area (Å²) in [4.78, 5) is 24.2. The van der Waals surface area contributed by atoms with Gasteiger partial charge < -0.3 is 9.72 Å². The van der Waals surface area contributed by atoms with Gasteiger partial charge in [0.25, 0.3) is 12.0 Å². The molecule has 1 aromatic heterocycles. The molecule has 0 aliphatic heterocycles. The van der Waals surface area contributed by atoms with Crippen molar-refractivity contribution in [2.45, 2.75) is 12.8 Å². The summed E-state index contributed by atoms with van der Waals surface area (Å²) in [5.74, 6) is -0.722. The zero-order chi connectivity index (χ0) is 12.3. The SMILES string of the molecule is COC(=O)Cc1[nH]c(=O)c(Cl)cc1C(F)F. The van der Waals surface area contributed by atoms with E-state index in [4.69, 9.17) is 11.6 Å². The maximum atomic E-state index is 12.6. The van der Waals surface area contributed by atoms with Crippen LogP contribution in [0.4, 0.5) is 8.78 Å². The van der Waals surface area contributed by atoms with E-state index >= 15 is 0 Å². The largest absolute Gasteiger partial charge is 0.469 e. The van der Waals surface area contributed by atoms with Crippen LogP contribution in [0.3, 0.4) is 0 Å². The lowest BCUT2D eigenvalue weighted by atomic mass is 10.1. The highest BCUT2D eigenvalue weighted by molar-refractivity contribution is 6.30. The van der Waals surface area contributed by atoms with Crippen LogP contribution in [0.15, 0.2) is 10.9 Å². The van der Waals surface area contributed by atoms with E-state index in [0.717, 1.165) is 13.2 Å². The maximum Gasteiger partial charge on any atom is 0.311 e. The molecule has 0 aromatic carbocycles. The van der Waals surface area contributed by atoms with Gasteiger partial charge in [-0.05, 0) is 6.07 Å². The number of carbonyl (C=O) groups is 1. The van der Waals surface area contributed by atoms with Crippen LogP contribution in [-0.4, -0.2) is 18.1 Å². The molecule has 0 amide bonds. The van der Waals surface area contributed by atoms with Crippen molar-refractivity contribution < 1.29 is 18.3 Å². The molecule has 1 N–H and O–H groups in total. The molecule has 88 valence electrons. The Morgan fingerprint density at radius 1 is 1.62 bits per heavy atom. The Bertz CT molecular complexity index is 459. The minimum Gasteiger partial charge on any atom is -0.469 e. The third kappa shape index (κ3) is 2.79. The van der Waals surface area contributed by atoms with E-state index in [-0.39, 0.29) is 10.7 Å². The Kier molecular flexibility index (Phi) is 4.00. The Morgan fingerprint density at radius 3 is 2.75 bits per heavy atom. The Morgan fingerprint density at radius 2 is 2.25 bits per heavy atom. The van der Waals surface area contributed by atoms with E-state index in [1.165, 1.54) is 0 Å². The minimum absolute atomic E-state index is 0.184. The zero-order valence-corrected chi connectivity index (χ0v) is 8.98. The van der Waals surface area contributed by atoms with Crippen molar-refractivity contribution in [3.05, 3.63) is 32.7 Å². The molecule has 0 aliphatic rings. The van der Waals surface area contributed by atoms with E-state index in [1.54, 1.807) is 0 Å². The lowest BCUT2D eigenvalue weighted by Crippen LogP contribution is -2.16. The first kappa shape index (κ1) is 12.6. The van der Waals surface area contributed by atoms with E-state index in [1.807, 2.05) is 0 Å². The standard InChI is InChI=1S/C9H8ClF2NO3/c1-16-7(14)3-6-4(8(11)12)2-5(10)9(15)13-6/h2,8H,3H2,1H3,(H,13,15). The van der Waals surface area contributed by atoms with Gasteiger partial charge >= 0.3 is 5.97 Å². The van der Waals surface area contributed by atoms with Crippen LogP contribution in [0.2, 0.25) is 5.02 Å². The quantitative estimate of drug-likeness (QED) is 0.832. The number of carbonyl (C=O) groups excluding carboxylic acids is 1. The van der Waals surface area contributed by atoms with Crippen LogP contribution in [0.25, 0.3) is 0 Å². The van der Waals surface area contributed by atoms with E-state index in [9.17, 15) is 18.4 Å². The summed E-state index contributed by atoms with van der Waals surface area (Å²) in [6, 6.07) is 0.851. The van der Waals surface area contributed by atoms with Crippen molar-refractivity contribution in [3.8, 4) is 0 Å². The predicted molar refractivity (Wildman–Crippen MR) is 52.7 cm³/mol. The summed E-state index contributed by atoms with van der Waals surface area (Å²) in [5, 5.41) is -0.344. The van der Waals surface area contributed by atoms with Crippen LogP contribution in [0, 0.1) is 0 Å². The van der Waals surface area contributed by atoms with Crippen molar-refractivity contribution in [1.82, 2.24) is 4.98 Å². The van der Waals surface area contributed by atoms with Gasteiger partial charge in [0.15, 0.2) is 0 Å². The number of halogens is 3. The van der Waals surface area contributed by atoms with E-state index in [0.29, 0.717) is 0 Å². The molecule has 0 radical (unpaired) electrons. The lowest BCUT2D eigenvalue weighted by Gasteiger charge is -2.07. The average molecular weight is 252 g/mol. The number of nitrogens with one attached hydrogen (secondary N) is 1. The predicted octanol–water partition coefficient (Wildman–Crippen LogP) is 1.68. The average Bonchev–Trinajstić information content (AvgIpc) is 2.22. The van der Waals surface area contributed by atoms with Crippen LogP contribution < -0.4 is 5.56 Å². The molecule has 1 heterocycles. The first-order chi connectivity index (χ1) is 7.45. The normalized spacial score (nSPS) is 10.6. The molecule has 7 heteroatoms. The van der Waals surface area contributed by atoms with Gasteiger partial charge in [-0.3, -0.25) is 9.59 Å². The number of H-pyrrole nitrogens is 1. The van der Waals surface area contributed by atoms with Gasteiger partial charge in [-0.2, -0.15) is 0 Å². The summed E-state index contributed by atoms with van der Waals surface area (Å²) < 4.78 is 29.4. The smallest absolute Gasteiger partial charge is 0.311 e. The number of rotatable bonds is 3. The molecule has 0 unspecified atom stereocenters. The van der Waals surface area contributed by atoms with Crippen molar-refractivity contribution in [3.63, 3.8) is 0 Å². The number of ether oxygens (including phenoxy) is 1. The van der Waals surface area contributed by atoms with Gasteiger partial charge in [0.2, 0.25) is 0 Å². The molecule has 0 saturated heterocycles. The summed E-state index contributed by atoms with van der Waals surface area (Å²) in [5.41, 5.74) is -1.38. The summed E-state index contributed by atoms with van der Waals surface area (Å²) in [7, 11) is 1.12. The minimum atomic E-state index is -2.82. The monoisotopic (exact) mass is 251 g/mol. The Balaban J connectivity index is 3.20. The summed E-state index contributed by atoms with van der Waals surface area (Å²) >= 11 is 5.41. The topological polar surface area (TPSA) is 59.2 Å². The third-order valence-electron chi connectivity index (χ3n) is 1.90. The fraction of sp³-hybridized carbons (Fsp3) is 0.333. The number of aromatic nitrogens is 1. The Labute approximate surface area is 94.2 Å². The first-order valence-corrected chi connectivity index (χ1v) is 4.60. The lowest BCUT2D eigenvalue weighted by molar-refractivity contribution is -0.139. The first-order valence-electron chi connectivity index (χ1n) is 4.22. The number of aromatic amines is 1. The molecular formula is C9H8ClF2NO3. The van der Waals surface area contributed by atoms with Gasteiger partial charge in [0, 0.05) is 11.3 Å². The maximum absolute atomic E-state index is 12.6. The molecule has 1 aromatic rings. The fourth-order valence-electron chi connectivity index (χ4n) is 1.12. The molecule has 0 saturated carbocycles. The van der Waals surface area contributed by atoms with Crippen molar-refractivity contribution >= 4 is 17.6 Å². The highest BCUT2D eigenvalue weighted by Crippen LogP contribution is 2.23. The molecule has 4 nitrogen and oxygen atoms in total. The third-order valence-corrected chi connectivity index (χ3v) is 2.18. The van der Waals surface area contributed by atoms with Gasteiger partial charge in [0.1, 0.15) is 5.02 Å². The van der Waals surface area contributed by atoms with Gasteiger partial charge in [-0.15, -0.1) is 0 Å². The van der Waals surface area contributed by atoms with E-state index < -0.39 is 29.9 Å². The molecule has 0 atom stereocenters. The van der Waals surface area contributed by atoms with Crippen molar-refractivity contribution in [1.29, 1.82) is 0 Å². The highest BCUT2D eigenvalue weighted by atomic mass is 35.5. The molecule has 0 aliphatic carbocycles.